The maximum Gasteiger partial charge on any atom is 0.302 e. The van der Waals surface area contributed by atoms with Crippen molar-refractivity contribution in [2.75, 3.05) is 0 Å². The quantitative estimate of drug-likeness (QED) is 0.297. The average molecular weight is 469 g/mol. The van der Waals surface area contributed by atoms with Gasteiger partial charge in [-0.2, -0.15) is 0 Å². The van der Waals surface area contributed by atoms with Crippen LogP contribution in [0.2, 0.25) is 0 Å². The van der Waals surface area contributed by atoms with E-state index in [0.29, 0.717) is 16.7 Å². The smallest absolute Gasteiger partial charge is 0.302 e. The molecule has 0 aromatic carbocycles. The molecule has 2 nitrogen and oxygen atoms in total. The first-order valence-electron chi connectivity index (χ1n) is 14.3. The number of carbonyl (C=O) groups excluding carboxylic acids is 1. The molecular weight excluding hydrogens is 416 g/mol. The summed E-state index contributed by atoms with van der Waals surface area (Å²) in [5.74, 6) is 2.13. The Morgan fingerprint density at radius 3 is 2.32 bits per heavy atom. The van der Waals surface area contributed by atoms with E-state index < -0.39 is 0 Å². The lowest BCUT2D eigenvalue weighted by molar-refractivity contribution is -0.167. The molecule has 4 aliphatic carbocycles. The molecule has 34 heavy (non-hydrogen) atoms. The fourth-order valence-corrected chi connectivity index (χ4v) is 9.86. The number of carbonyl (C=O) groups is 1. The minimum Gasteiger partial charge on any atom is -0.462 e. The fraction of sp³-hybridized carbons (Fsp3) is 0.844. The molecule has 2 heteroatoms. The van der Waals surface area contributed by atoms with E-state index in [-0.39, 0.29) is 22.9 Å². The third kappa shape index (κ3) is 3.85. The molecule has 0 amide bonds. The third-order valence-corrected chi connectivity index (χ3v) is 11.9. The van der Waals surface area contributed by atoms with Crippen molar-refractivity contribution in [3.05, 3.63) is 22.8 Å². The van der Waals surface area contributed by atoms with E-state index in [4.69, 9.17) is 4.74 Å². The highest BCUT2D eigenvalue weighted by Gasteiger charge is 2.63. The maximum absolute atomic E-state index is 11.8. The fourth-order valence-electron chi connectivity index (χ4n) is 9.86. The Labute approximate surface area is 210 Å². The van der Waals surface area contributed by atoms with E-state index in [1.165, 1.54) is 63.4 Å². The Balaban J connectivity index is 1.63. The van der Waals surface area contributed by atoms with Crippen molar-refractivity contribution in [2.24, 2.45) is 39.4 Å². The Bertz CT molecular complexity index is 873. The topological polar surface area (TPSA) is 26.3 Å². The van der Waals surface area contributed by atoms with E-state index in [1.54, 1.807) is 6.92 Å². The summed E-state index contributed by atoms with van der Waals surface area (Å²) in [7, 11) is 0. The van der Waals surface area contributed by atoms with Gasteiger partial charge in [0.2, 0.25) is 0 Å². The zero-order valence-electron chi connectivity index (χ0n) is 23.8. The minimum atomic E-state index is -0.117. The van der Waals surface area contributed by atoms with E-state index in [9.17, 15) is 4.79 Å². The minimum absolute atomic E-state index is 0.0382. The van der Waals surface area contributed by atoms with Crippen LogP contribution in [0.3, 0.4) is 0 Å². The number of hydrogen-bond acceptors (Lipinski definition) is 2. The Morgan fingerprint density at radius 2 is 1.68 bits per heavy atom. The molecule has 7 atom stereocenters. The van der Waals surface area contributed by atoms with Crippen LogP contribution in [-0.4, -0.2) is 12.1 Å². The molecule has 0 saturated heterocycles. The molecule has 0 radical (unpaired) electrons. The first kappa shape index (κ1) is 26.0. The van der Waals surface area contributed by atoms with Gasteiger partial charge in [-0.05, 0) is 112 Å². The van der Waals surface area contributed by atoms with Crippen LogP contribution in [0, 0.1) is 39.4 Å². The van der Waals surface area contributed by atoms with Crippen molar-refractivity contribution in [3.63, 3.8) is 0 Å². The van der Waals surface area contributed by atoms with Gasteiger partial charge < -0.3 is 4.74 Å². The van der Waals surface area contributed by atoms with Crippen LogP contribution < -0.4 is 0 Å². The second-order valence-corrected chi connectivity index (χ2v) is 14.2. The lowest BCUT2D eigenvalue weighted by Crippen LogP contribution is -2.55. The summed E-state index contributed by atoms with van der Waals surface area (Å²) < 4.78 is 5.87. The van der Waals surface area contributed by atoms with E-state index in [0.717, 1.165) is 18.3 Å². The Morgan fingerprint density at radius 1 is 0.971 bits per heavy atom. The summed E-state index contributed by atoms with van der Waals surface area (Å²) >= 11 is 0. The highest BCUT2D eigenvalue weighted by Crippen LogP contribution is 2.72. The number of allylic oxidation sites excluding steroid dienone is 4. The maximum atomic E-state index is 11.8. The normalized spacial score (nSPS) is 41.7. The number of hydrogen-bond donors (Lipinski definition) is 0. The second kappa shape index (κ2) is 8.81. The standard InChI is InChI=1S/C32H52O2/c1-21(2)11-10-12-22(3)24-15-19-32(9)26-13-14-27-29(5,6)28(34-23(4)33)17-18-30(27,7)25(26)16-20-31(24,32)8/h11,22,24,27-28H,10,12-20H2,1-9H3/t22-,24-,27-,28-,30+,31-,32+/m0/s1. The van der Waals surface area contributed by atoms with Gasteiger partial charge in [0.05, 0.1) is 0 Å². The lowest BCUT2D eigenvalue weighted by Gasteiger charge is -2.62. The highest BCUT2D eigenvalue weighted by molar-refractivity contribution is 5.66. The molecule has 2 fully saturated rings. The van der Waals surface area contributed by atoms with Crippen LogP contribution in [0.15, 0.2) is 22.8 Å². The largest absolute Gasteiger partial charge is 0.462 e. The summed E-state index contributed by atoms with van der Waals surface area (Å²) in [4.78, 5) is 11.8. The first-order valence-corrected chi connectivity index (χ1v) is 14.3. The number of esters is 1. The van der Waals surface area contributed by atoms with Crippen molar-refractivity contribution in [1.82, 2.24) is 0 Å². The molecule has 0 N–H and O–H groups in total. The highest BCUT2D eigenvalue weighted by atomic mass is 16.5. The molecule has 0 unspecified atom stereocenters. The zero-order chi connectivity index (χ0) is 25.1. The number of ether oxygens (including phenoxy) is 1. The van der Waals surface area contributed by atoms with Crippen molar-refractivity contribution >= 4 is 5.97 Å². The van der Waals surface area contributed by atoms with Crippen molar-refractivity contribution < 1.29 is 9.53 Å². The molecule has 0 aromatic rings. The Kier molecular flexibility index (Phi) is 6.74. The SMILES string of the molecule is CC(=O)O[C@H]1CC[C@]2(C)C3=C(CC[C@H]2C1(C)C)[C@@]1(C)CC[C@@H]([C@@H](C)CCC=C(C)C)[C@]1(C)CC3. The zero-order valence-corrected chi connectivity index (χ0v) is 23.8. The van der Waals surface area contributed by atoms with Crippen molar-refractivity contribution in [2.45, 2.75) is 133 Å². The summed E-state index contributed by atoms with van der Waals surface area (Å²) in [5.41, 5.74) is 6.25. The van der Waals surface area contributed by atoms with Crippen LogP contribution in [0.4, 0.5) is 0 Å². The van der Waals surface area contributed by atoms with Gasteiger partial charge >= 0.3 is 5.97 Å². The third-order valence-electron chi connectivity index (χ3n) is 11.9. The van der Waals surface area contributed by atoms with E-state index in [2.05, 4.69) is 61.5 Å². The summed E-state index contributed by atoms with van der Waals surface area (Å²) in [6, 6.07) is 0. The van der Waals surface area contributed by atoms with Crippen LogP contribution in [-0.2, 0) is 9.53 Å². The lowest BCUT2D eigenvalue weighted by atomic mass is 9.43. The summed E-state index contributed by atoms with van der Waals surface area (Å²) in [5, 5.41) is 0. The molecule has 0 bridgehead atoms. The van der Waals surface area contributed by atoms with Crippen LogP contribution >= 0.6 is 0 Å². The molecule has 4 rings (SSSR count). The van der Waals surface area contributed by atoms with E-state index >= 15 is 0 Å². The number of rotatable bonds is 5. The van der Waals surface area contributed by atoms with Gasteiger partial charge in [-0.15, -0.1) is 0 Å². The van der Waals surface area contributed by atoms with Gasteiger partial charge in [0.1, 0.15) is 6.10 Å². The average Bonchev–Trinajstić information content (AvgIpc) is 3.01. The molecule has 0 heterocycles. The predicted molar refractivity (Wildman–Crippen MR) is 142 cm³/mol. The van der Waals surface area contributed by atoms with Gasteiger partial charge in [-0.1, -0.05) is 64.3 Å². The van der Waals surface area contributed by atoms with Gasteiger partial charge in [0, 0.05) is 12.3 Å². The van der Waals surface area contributed by atoms with Crippen LogP contribution in [0.1, 0.15) is 127 Å². The van der Waals surface area contributed by atoms with Gasteiger partial charge in [0.15, 0.2) is 0 Å². The van der Waals surface area contributed by atoms with Gasteiger partial charge in [-0.25, -0.2) is 0 Å². The van der Waals surface area contributed by atoms with Crippen LogP contribution in [0.25, 0.3) is 0 Å². The predicted octanol–water partition coefficient (Wildman–Crippen LogP) is 9.05. The van der Waals surface area contributed by atoms with Gasteiger partial charge in [0.25, 0.3) is 0 Å². The monoisotopic (exact) mass is 468 g/mol. The molecule has 4 aliphatic rings. The Hall–Kier alpha value is -1.05. The molecule has 192 valence electrons. The summed E-state index contributed by atoms with van der Waals surface area (Å²) in [6.45, 7) is 21.2. The van der Waals surface area contributed by atoms with E-state index in [1.807, 2.05) is 11.1 Å². The molecule has 0 aliphatic heterocycles. The molecule has 2 saturated carbocycles. The second-order valence-electron chi connectivity index (χ2n) is 14.2. The van der Waals surface area contributed by atoms with Crippen molar-refractivity contribution in [1.29, 1.82) is 0 Å². The molecular formula is C32H52O2. The molecule has 0 spiro atoms. The van der Waals surface area contributed by atoms with Crippen molar-refractivity contribution in [3.8, 4) is 0 Å². The number of fused-ring (bicyclic) bond motifs is 4. The summed E-state index contributed by atoms with van der Waals surface area (Å²) in [6.07, 6.45) is 15.2. The first-order chi connectivity index (χ1) is 15.8. The molecule has 0 aromatic heterocycles. The van der Waals surface area contributed by atoms with Crippen LogP contribution in [0.5, 0.6) is 0 Å². The van der Waals surface area contributed by atoms with Gasteiger partial charge in [-0.3, -0.25) is 4.79 Å².